The van der Waals surface area contributed by atoms with Crippen LogP contribution in [0.2, 0.25) is 0 Å². The van der Waals surface area contributed by atoms with Gasteiger partial charge in [0.1, 0.15) is 15.9 Å². The van der Waals surface area contributed by atoms with Crippen molar-refractivity contribution in [2.24, 2.45) is 5.92 Å². The quantitative estimate of drug-likeness (QED) is 0.675. The molecular weight excluding hydrogens is 330 g/mol. The first-order chi connectivity index (χ1) is 11.2. The molecule has 0 spiro atoms. The molecule has 6 nitrogen and oxygen atoms in total. The molecule has 0 saturated heterocycles. The normalized spacial score (nSPS) is 12.7. The Morgan fingerprint density at radius 3 is 2.33 bits per heavy atom. The fourth-order valence-electron chi connectivity index (χ4n) is 1.99. The molecule has 7 heteroatoms. The maximum absolute atomic E-state index is 12.0. The van der Waals surface area contributed by atoms with Crippen molar-refractivity contribution in [1.29, 1.82) is 0 Å². The first-order valence-corrected chi connectivity index (χ1v) is 9.91. The Kier molecular flexibility index (Phi) is 7.91. The van der Waals surface area contributed by atoms with E-state index < -0.39 is 27.6 Å². The molecule has 0 aromatic heterocycles. The van der Waals surface area contributed by atoms with E-state index in [1.807, 2.05) is 44.2 Å². The van der Waals surface area contributed by atoms with Gasteiger partial charge in [0.25, 0.3) is 0 Å². The number of nitrogens with one attached hydrogen (secondary N) is 1. The third-order valence-corrected chi connectivity index (χ3v) is 4.07. The molecule has 1 N–H and O–H groups in total. The first-order valence-electron chi connectivity index (χ1n) is 7.85. The summed E-state index contributed by atoms with van der Waals surface area (Å²) in [7, 11) is -3.44. The number of hydrogen-bond acceptors (Lipinski definition) is 5. The predicted molar refractivity (Wildman–Crippen MR) is 92.2 cm³/mol. The van der Waals surface area contributed by atoms with Crippen LogP contribution in [-0.4, -0.2) is 45.0 Å². The van der Waals surface area contributed by atoms with Crippen molar-refractivity contribution >= 4 is 21.7 Å². The minimum absolute atomic E-state index is 0.126. The lowest BCUT2D eigenvalue weighted by Gasteiger charge is -2.17. The number of carbonyl (C=O) groups is 2. The highest BCUT2D eigenvalue weighted by atomic mass is 32.2. The van der Waals surface area contributed by atoms with Crippen LogP contribution in [0.5, 0.6) is 0 Å². The zero-order chi connectivity index (χ0) is 18.2. The average molecular weight is 355 g/mol. The number of carbonyl (C=O) groups excluding carboxylic acids is 2. The van der Waals surface area contributed by atoms with Crippen molar-refractivity contribution in [3.8, 4) is 0 Å². The van der Waals surface area contributed by atoms with Gasteiger partial charge in [-0.1, -0.05) is 44.2 Å². The minimum atomic E-state index is -3.44. The number of amides is 1. The molecular formula is C17H25NO5S. The third kappa shape index (κ3) is 8.67. The van der Waals surface area contributed by atoms with E-state index in [4.69, 9.17) is 4.74 Å². The summed E-state index contributed by atoms with van der Waals surface area (Å²) in [6, 6.07) is 8.26. The second-order valence-electron chi connectivity index (χ2n) is 6.22. The molecule has 0 aliphatic heterocycles. The van der Waals surface area contributed by atoms with Crippen LogP contribution in [-0.2, 0) is 30.6 Å². The van der Waals surface area contributed by atoms with Crippen LogP contribution in [0.1, 0.15) is 25.8 Å². The van der Waals surface area contributed by atoms with Crippen LogP contribution in [0, 0.1) is 5.92 Å². The van der Waals surface area contributed by atoms with Crippen molar-refractivity contribution in [3.05, 3.63) is 35.9 Å². The van der Waals surface area contributed by atoms with E-state index in [-0.39, 0.29) is 24.9 Å². The molecule has 0 aliphatic rings. The van der Waals surface area contributed by atoms with Gasteiger partial charge in [0.05, 0.1) is 12.4 Å². The van der Waals surface area contributed by atoms with Gasteiger partial charge >= 0.3 is 5.97 Å². The number of aryl methyl sites for hydroxylation is 1. The van der Waals surface area contributed by atoms with Gasteiger partial charge in [-0.05, 0) is 17.9 Å². The van der Waals surface area contributed by atoms with Crippen molar-refractivity contribution < 1.29 is 22.7 Å². The summed E-state index contributed by atoms with van der Waals surface area (Å²) in [5.41, 5.74) is 0.995. The van der Waals surface area contributed by atoms with Gasteiger partial charge < -0.3 is 10.1 Å². The number of hydrogen-bond donors (Lipinski definition) is 1. The van der Waals surface area contributed by atoms with Crippen molar-refractivity contribution in [3.63, 3.8) is 0 Å². The Morgan fingerprint density at radius 2 is 1.79 bits per heavy atom. The summed E-state index contributed by atoms with van der Waals surface area (Å²) >= 11 is 0. The largest absolute Gasteiger partial charge is 0.464 e. The Balaban J connectivity index is 2.62. The van der Waals surface area contributed by atoms with Crippen LogP contribution in [0.4, 0.5) is 0 Å². The predicted octanol–water partition coefficient (Wildman–Crippen LogP) is 1.35. The minimum Gasteiger partial charge on any atom is -0.464 e. The zero-order valence-corrected chi connectivity index (χ0v) is 15.1. The maximum atomic E-state index is 12.0. The van der Waals surface area contributed by atoms with E-state index in [0.29, 0.717) is 6.42 Å². The van der Waals surface area contributed by atoms with Crippen LogP contribution >= 0.6 is 0 Å². The monoisotopic (exact) mass is 355 g/mol. The first kappa shape index (κ1) is 20.2. The van der Waals surface area contributed by atoms with Crippen LogP contribution in [0.25, 0.3) is 0 Å². The van der Waals surface area contributed by atoms with E-state index in [0.717, 1.165) is 11.8 Å². The molecule has 1 amide bonds. The highest BCUT2D eigenvalue weighted by Gasteiger charge is 2.26. The number of rotatable bonds is 9. The van der Waals surface area contributed by atoms with Crippen molar-refractivity contribution in [2.45, 2.75) is 32.7 Å². The van der Waals surface area contributed by atoms with Crippen molar-refractivity contribution in [1.82, 2.24) is 5.32 Å². The number of sulfone groups is 1. The van der Waals surface area contributed by atoms with Gasteiger partial charge in [0.2, 0.25) is 5.91 Å². The molecule has 1 rings (SSSR count). The Bertz CT molecular complexity index is 640. The summed E-state index contributed by atoms with van der Waals surface area (Å²) in [6.07, 6.45) is 1.70. The van der Waals surface area contributed by atoms with Crippen LogP contribution < -0.4 is 5.32 Å². The maximum Gasteiger partial charge on any atom is 0.329 e. The topological polar surface area (TPSA) is 89.5 Å². The molecule has 0 radical (unpaired) electrons. The van der Waals surface area contributed by atoms with E-state index in [9.17, 15) is 18.0 Å². The molecule has 24 heavy (non-hydrogen) atoms. The van der Waals surface area contributed by atoms with Crippen LogP contribution in [0.3, 0.4) is 0 Å². The Hall–Kier alpha value is -1.89. The molecule has 0 saturated carbocycles. The molecule has 0 aliphatic carbocycles. The molecule has 1 aromatic carbocycles. The highest BCUT2D eigenvalue weighted by Crippen LogP contribution is 2.04. The number of ether oxygens (including phenoxy) is 1. The second-order valence-corrected chi connectivity index (χ2v) is 8.41. The fraction of sp³-hybridized carbons (Fsp3) is 0.529. The van der Waals surface area contributed by atoms with Gasteiger partial charge in [-0.3, -0.25) is 4.79 Å². The molecule has 134 valence electrons. The summed E-state index contributed by atoms with van der Waals surface area (Å²) < 4.78 is 28.0. The summed E-state index contributed by atoms with van der Waals surface area (Å²) in [5.74, 6) is -1.45. The molecule has 0 unspecified atom stereocenters. The third-order valence-electron chi connectivity index (χ3n) is 3.13. The van der Waals surface area contributed by atoms with Gasteiger partial charge in [-0.15, -0.1) is 0 Å². The fourth-order valence-corrected chi connectivity index (χ4v) is 2.81. The van der Waals surface area contributed by atoms with E-state index in [1.54, 1.807) is 0 Å². The molecule has 0 fully saturated rings. The van der Waals surface area contributed by atoms with E-state index in [1.165, 1.54) is 0 Å². The molecule has 0 bridgehead atoms. The lowest BCUT2D eigenvalue weighted by atomic mass is 10.1. The number of benzene rings is 1. The summed E-state index contributed by atoms with van der Waals surface area (Å²) in [5, 5.41) is 2.47. The second kappa shape index (κ2) is 9.42. The highest BCUT2D eigenvalue weighted by molar-refractivity contribution is 7.90. The SMILES string of the molecule is CC(C)COC(=O)[C@@H](CS(C)(=O)=O)NC(=O)CCc1ccccc1. The summed E-state index contributed by atoms with van der Waals surface area (Å²) in [4.78, 5) is 24.1. The zero-order valence-electron chi connectivity index (χ0n) is 14.3. The van der Waals surface area contributed by atoms with E-state index in [2.05, 4.69) is 5.32 Å². The van der Waals surface area contributed by atoms with Gasteiger partial charge in [-0.25, -0.2) is 13.2 Å². The molecule has 1 aromatic rings. The summed E-state index contributed by atoms with van der Waals surface area (Å²) in [6.45, 7) is 3.92. The van der Waals surface area contributed by atoms with Gasteiger partial charge in [0, 0.05) is 12.7 Å². The number of esters is 1. The Labute approximate surface area is 143 Å². The van der Waals surface area contributed by atoms with Gasteiger partial charge in [0.15, 0.2) is 0 Å². The molecule has 1 atom stereocenters. The Morgan fingerprint density at radius 1 is 1.17 bits per heavy atom. The van der Waals surface area contributed by atoms with Crippen LogP contribution in [0.15, 0.2) is 30.3 Å². The average Bonchev–Trinajstić information content (AvgIpc) is 2.49. The smallest absolute Gasteiger partial charge is 0.329 e. The van der Waals surface area contributed by atoms with Gasteiger partial charge in [-0.2, -0.15) is 0 Å². The van der Waals surface area contributed by atoms with Crippen molar-refractivity contribution in [2.75, 3.05) is 18.6 Å². The standard InChI is InChI=1S/C17H25NO5S/c1-13(2)11-23-17(20)15(12-24(3,21)22)18-16(19)10-9-14-7-5-4-6-8-14/h4-8,13,15H,9-12H2,1-3H3,(H,18,19)/t15-/m1/s1. The lowest BCUT2D eigenvalue weighted by Crippen LogP contribution is -2.46. The van der Waals surface area contributed by atoms with E-state index >= 15 is 0 Å². The lowest BCUT2D eigenvalue weighted by molar-refractivity contribution is -0.148. The molecule has 0 heterocycles.